The first-order valence-corrected chi connectivity index (χ1v) is 17.8. The summed E-state index contributed by atoms with van der Waals surface area (Å²) in [5.74, 6) is 0. The molecule has 0 heterocycles. The zero-order valence-electron chi connectivity index (χ0n) is 22.5. The summed E-state index contributed by atoms with van der Waals surface area (Å²) in [6, 6.07) is 60.2. The molecule has 6 aromatic rings. The van der Waals surface area contributed by atoms with Gasteiger partial charge in [-0.2, -0.15) is 6.42 Å². The Labute approximate surface area is 259 Å². The van der Waals surface area contributed by atoms with E-state index in [-0.39, 0.29) is 0 Å². The molecule has 1 unspecified atom stereocenters. The van der Waals surface area contributed by atoms with Crippen molar-refractivity contribution < 1.29 is 14.6 Å². The van der Waals surface area contributed by atoms with E-state index >= 15 is 0 Å². The number of hydrogen-bond donors (Lipinski definition) is 0. The van der Waals surface area contributed by atoms with E-state index in [1.807, 2.05) is 0 Å². The number of rotatable bonds is 9. The first-order valence-electron chi connectivity index (χ1n) is 13.6. The molecule has 0 aliphatic carbocycles. The van der Waals surface area contributed by atoms with Crippen LogP contribution in [0.2, 0.25) is 0 Å². The molecule has 0 spiro atoms. The molecule has 41 heavy (non-hydrogen) atoms. The summed E-state index contributed by atoms with van der Waals surface area (Å²) in [6.07, 6.45) is 3.63. The zero-order valence-corrected chi connectivity index (χ0v) is 26.1. The molecule has 0 aromatic heterocycles. The van der Waals surface area contributed by atoms with Crippen LogP contribution in [-0.2, 0) is 14.6 Å². The van der Waals surface area contributed by atoms with Crippen molar-refractivity contribution in [2.75, 3.05) is 0 Å². The van der Waals surface area contributed by atoms with Gasteiger partial charge in [0.15, 0.2) is 0 Å². The Morgan fingerprint density at radius 3 is 1.41 bits per heavy atom. The van der Waals surface area contributed by atoms with Gasteiger partial charge in [-0.25, -0.2) is 7.92 Å². The van der Waals surface area contributed by atoms with Crippen LogP contribution in [0.3, 0.4) is 0 Å². The van der Waals surface area contributed by atoms with Crippen molar-refractivity contribution in [3.05, 3.63) is 176 Å². The standard InChI is InChI=1S/C37H31P2.ClH.Ni/c1-5-18-31(19-6-1)38(32-20-7-2-8-21-32)29-28-37(36-27-15-17-30-16-13-14-26-35(30)36)39(33-22-9-3-10-23-33)34-24-11-4-12-25-34;;/h1-27,29,37H,28H2;1H;/q-1;;+1/p-1. The quantitative estimate of drug-likeness (QED) is 0.0848. The third-order valence-electron chi connectivity index (χ3n) is 7.14. The number of hydrogen-bond acceptors (Lipinski definition) is 0. The molecule has 0 bridgehead atoms. The van der Waals surface area contributed by atoms with Crippen molar-refractivity contribution in [1.82, 2.24) is 0 Å². The molecule has 1 atom stereocenters. The predicted molar refractivity (Wildman–Crippen MR) is 180 cm³/mol. The maximum Gasteiger partial charge on any atom is -0.0138 e. The Bertz CT molecular complexity index is 1530. The van der Waals surface area contributed by atoms with Gasteiger partial charge in [0, 0.05) is 0 Å². The van der Waals surface area contributed by atoms with Gasteiger partial charge in [0.1, 0.15) is 0 Å². The van der Waals surface area contributed by atoms with Crippen LogP contribution in [0.15, 0.2) is 164 Å². The van der Waals surface area contributed by atoms with E-state index in [0.29, 0.717) is 5.66 Å². The Morgan fingerprint density at radius 1 is 0.488 bits per heavy atom. The molecule has 0 fully saturated rings. The SMILES string of the molecule is [Cl][Ni].c1ccc(P([CH-]CC(c2cccc3ccccc23)P(c2ccccc2)c2ccccc2)c2ccccc2)cc1. The number of benzene rings is 6. The van der Waals surface area contributed by atoms with Crippen molar-refractivity contribution >= 4 is 58.0 Å². The second-order valence-electron chi connectivity index (χ2n) is 9.58. The van der Waals surface area contributed by atoms with E-state index in [0.717, 1.165) is 6.42 Å². The molecule has 4 heteroatoms. The third-order valence-corrected chi connectivity index (χ3v) is 12.2. The minimum atomic E-state index is -0.653. The van der Waals surface area contributed by atoms with Crippen LogP contribution in [0.4, 0.5) is 0 Å². The first-order chi connectivity index (χ1) is 20.4. The van der Waals surface area contributed by atoms with Gasteiger partial charge in [-0.1, -0.05) is 174 Å². The largest absolute Gasteiger partial charge is 0.293 e. The van der Waals surface area contributed by atoms with E-state index in [4.69, 9.17) is 0 Å². The van der Waals surface area contributed by atoms with Crippen LogP contribution in [-0.4, -0.2) is 0 Å². The van der Waals surface area contributed by atoms with E-state index in [1.165, 1.54) is 37.6 Å². The molecule has 6 aromatic carbocycles. The van der Waals surface area contributed by atoms with Gasteiger partial charge in [-0.15, -0.1) is 0 Å². The maximum absolute atomic E-state index is 4.26. The molecule has 0 amide bonds. The van der Waals surface area contributed by atoms with Gasteiger partial charge < -0.3 is 0 Å². The molecule has 207 valence electrons. The summed E-state index contributed by atoms with van der Waals surface area (Å²) in [5, 5.41) is 8.33. The smallest absolute Gasteiger partial charge is 0.0138 e. The third kappa shape index (κ3) is 7.36. The molecule has 0 aliphatic heterocycles. The van der Waals surface area contributed by atoms with E-state index in [1.54, 1.807) is 0 Å². The summed E-state index contributed by atoms with van der Waals surface area (Å²) in [4.78, 5) is 0. The van der Waals surface area contributed by atoms with E-state index in [2.05, 4.69) is 195 Å². The fraction of sp³-hybridized carbons (Fsp3) is 0.0541. The van der Waals surface area contributed by atoms with Crippen molar-refractivity contribution in [1.29, 1.82) is 0 Å². The van der Waals surface area contributed by atoms with Crippen molar-refractivity contribution in [2.45, 2.75) is 12.1 Å². The van der Waals surface area contributed by atoms with Gasteiger partial charge in [-0.3, -0.25) is 6.16 Å². The van der Waals surface area contributed by atoms with E-state index < -0.39 is 15.8 Å². The summed E-state index contributed by atoms with van der Waals surface area (Å²) >= 11 is 3.35. The topological polar surface area (TPSA) is 0 Å². The Kier molecular flexibility index (Phi) is 11.2. The monoisotopic (exact) mass is 630 g/mol. The number of halogens is 1. The van der Waals surface area contributed by atoms with Gasteiger partial charge in [0.25, 0.3) is 0 Å². The van der Waals surface area contributed by atoms with Crippen LogP contribution in [0.25, 0.3) is 10.8 Å². The minimum Gasteiger partial charge on any atom is -0.293 e. The minimum absolute atomic E-state index is 0.341. The Balaban J connectivity index is 0.00000165. The van der Waals surface area contributed by atoms with Gasteiger partial charge in [0.2, 0.25) is 0 Å². The molecule has 0 saturated carbocycles. The van der Waals surface area contributed by atoms with Gasteiger partial charge >= 0.3 is 24.8 Å². The Hall–Kier alpha value is -2.78. The van der Waals surface area contributed by atoms with Gasteiger partial charge in [-0.05, 0) is 40.5 Å². The Morgan fingerprint density at radius 2 is 0.902 bits per heavy atom. The van der Waals surface area contributed by atoms with Crippen LogP contribution < -0.4 is 21.2 Å². The molecule has 0 nitrogen and oxygen atoms in total. The molecule has 0 saturated heterocycles. The van der Waals surface area contributed by atoms with Crippen molar-refractivity contribution in [3.8, 4) is 0 Å². The fourth-order valence-corrected chi connectivity index (χ4v) is 10.5. The molecule has 0 radical (unpaired) electrons. The average molecular weight is 632 g/mol. The predicted octanol–water partition coefficient (Wildman–Crippen LogP) is 9.39. The van der Waals surface area contributed by atoms with Crippen LogP contribution in [0.1, 0.15) is 17.6 Å². The molecule has 0 aliphatic rings. The van der Waals surface area contributed by atoms with Crippen LogP contribution in [0.5, 0.6) is 0 Å². The van der Waals surface area contributed by atoms with Gasteiger partial charge in [0.05, 0.1) is 0 Å². The molecule has 6 rings (SSSR count). The number of fused-ring (bicyclic) bond motifs is 1. The molecule has 0 N–H and O–H groups in total. The summed E-state index contributed by atoms with van der Waals surface area (Å²) in [7, 11) is 3.02. The summed E-state index contributed by atoms with van der Waals surface area (Å²) in [6.45, 7) is 0. The van der Waals surface area contributed by atoms with Crippen molar-refractivity contribution in [2.24, 2.45) is 0 Å². The maximum atomic E-state index is 4.26. The zero-order chi connectivity index (χ0) is 28.3. The summed E-state index contributed by atoms with van der Waals surface area (Å²) < 4.78 is 0. The normalized spacial score (nSPS) is 11.7. The molecular formula is C37H31ClNiP2-. The first kappa shape index (κ1) is 29.7. The molecular weight excluding hydrogens is 601 g/mol. The van der Waals surface area contributed by atoms with Crippen molar-refractivity contribution in [3.63, 3.8) is 0 Å². The van der Waals surface area contributed by atoms with E-state index in [9.17, 15) is 0 Å². The summed E-state index contributed by atoms with van der Waals surface area (Å²) in [5.41, 5.74) is 1.78. The average Bonchev–Trinajstić information content (AvgIpc) is 3.07. The second-order valence-corrected chi connectivity index (χ2v) is 14.1. The second kappa shape index (κ2) is 15.5. The fourth-order valence-electron chi connectivity index (χ4n) is 5.34. The van der Waals surface area contributed by atoms with Crippen LogP contribution >= 0.6 is 26.0 Å². The van der Waals surface area contributed by atoms with Crippen LogP contribution in [0, 0.1) is 6.16 Å².